The molecule has 1 fully saturated rings. The van der Waals surface area contributed by atoms with Crippen molar-refractivity contribution >= 4 is 21.8 Å². The van der Waals surface area contributed by atoms with Crippen molar-refractivity contribution in [2.45, 2.75) is 25.7 Å². The summed E-state index contributed by atoms with van der Waals surface area (Å²) in [7, 11) is 0. The summed E-state index contributed by atoms with van der Waals surface area (Å²) < 4.78 is 6.51. The van der Waals surface area contributed by atoms with Gasteiger partial charge in [-0.1, -0.05) is 44.8 Å². The van der Waals surface area contributed by atoms with E-state index in [2.05, 4.69) is 26.1 Å². The van der Waals surface area contributed by atoms with Crippen LogP contribution in [0.2, 0.25) is 0 Å². The Morgan fingerprint density at radius 3 is 2.81 bits per heavy atom. The smallest absolute Gasteiger partial charge is 0.253 e. The molecular formula is C21H20BrN3O2. The Kier molecular flexibility index (Phi) is 5.07. The molecule has 0 radical (unpaired) electrons. The normalized spacial score (nSPS) is 17.1. The Bertz CT molecular complexity index is 952. The van der Waals surface area contributed by atoms with Crippen LogP contribution in [0.5, 0.6) is 0 Å². The van der Waals surface area contributed by atoms with E-state index < -0.39 is 0 Å². The Balaban J connectivity index is 1.50. The van der Waals surface area contributed by atoms with E-state index in [0.29, 0.717) is 23.8 Å². The third-order valence-corrected chi connectivity index (χ3v) is 5.40. The fraction of sp³-hybridized carbons (Fsp3) is 0.286. The van der Waals surface area contributed by atoms with Crippen LogP contribution in [0.15, 0.2) is 57.5 Å². The maximum atomic E-state index is 12.8. The fourth-order valence-electron chi connectivity index (χ4n) is 3.44. The molecule has 138 valence electrons. The maximum absolute atomic E-state index is 12.8. The van der Waals surface area contributed by atoms with Crippen LogP contribution in [0, 0.1) is 6.92 Å². The average Bonchev–Trinajstić information content (AvgIpc) is 3.18. The highest BCUT2D eigenvalue weighted by atomic mass is 79.9. The zero-order chi connectivity index (χ0) is 18.8. The SMILES string of the molecule is Cc1cccc(-c2noc(C3CCCN(C(=O)c4ccc(Br)cc4)C3)n2)c1. The van der Waals surface area contributed by atoms with Gasteiger partial charge in [0.15, 0.2) is 0 Å². The van der Waals surface area contributed by atoms with Gasteiger partial charge < -0.3 is 9.42 Å². The quantitative estimate of drug-likeness (QED) is 0.602. The molecule has 1 aliphatic heterocycles. The van der Waals surface area contributed by atoms with E-state index in [1.165, 1.54) is 0 Å². The minimum absolute atomic E-state index is 0.0469. The summed E-state index contributed by atoms with van der Waals surface area (Å²) in [4.78, 5) is 19.3. The Labute approximate surface area is 166 Å². The van der Waals surface area contributed by atoms with Crippen LogP contribution in [0.25, 0.3) is 11.4 Å². The van der Waals surface area contributed by atoms with Gasteiger partial charge in [0.05, 0.1) is 5.92 Å². The lowest BCUT2D eigenvalue weighted by molar-refractivity contribution is 0.0695. The highest BCUT2D eigenvalue weighted by Crippen LogP contribution is 2.28. The van der Waals surface area contributed by atoms with Gasteiger partial charge >= 0.3 is 0 Å². The number of hydrogen-bond acceptors (Lipinski definition) is 4. The zero-order valence-electron chi connectivity index (χ0n) is 15.1. The maximum Gasteiger partial charge on any atom is 0.253 e. The largest absolute Gasteiger partial charge is 0.339 e. The van der Waals surface area contributed by atoms with Gasteiger partial charge in [0, 0.05) is 28.7 Å². The van der Waals surface area contributed by atoms with Crippen LogP contribution in [-0.2, 0) is 0 Å². The summed E-state index contributed by atoms with van der Waals surface area (Å²) in [5, 5.41) is 4.15. The number of hydrogen-bond donors (Lipinski definition) is 0. The first-order valence-electron chi connectivity index (χ1n) is 9.05. The summed E-state index contributed by atoms with van der Waals surface area (Å²) in [5.74, 6) is 1.33. The molecule has 1 aromatic heterocycles. The fourth-order valence-corrected chi connectivity index (χ4v) is 3.70. The Morgan fingerprint density at radius 1 is 1.22 bits per heavy atom. The molecule has 1 aliphatic rings. The molecule has 0 spiro atoms. The number of aryl methyl sites for hydroxylation is 1. The molecule has 2 heterocycles. The molecule has 0 bridgehead atoms. The predicted molar refractivity (Wildman–Crippen MR) is 106 cm³/mol. The standard InChI is InChI=1S/C21H20BrN3O2/c1-14-4-2-5-16(12-14)19-23-20(27-24-19)17-6-3-11-25(13-17)21(26)15-7-9-18(22)10-8-15/h2,4-5,7-10,12,17H,3,6,11,13H2,1H3. The Hall–Kier alpha value is -2.47. The number of piperidine rings is 1. The van der Waals surface area contributed by atoms with Gasteiger partial charge in [0.25, 0.3) is 5.91 Å². The lowest BCUT2D eigenvalue weighted by Gasteiger charge is -2.31. The molecule has 3 aromatic rings. The molecule has 27 heavy (non-hydrogen) atoms. The number of carbonyl (C=O) groups is 1. The van der Waals surface area contributed by atoms with Crippen LogP contribution in [0.3, 0.4) is 0 Å². The van der Waals surface area contributed by atoms with Crippen molar-refractivity contribution in [1.82, 2.24) is 15.0 Å². The van der Waals surface area contributed by atoms with Crippen LogP contribution in [0.4, 0.5) is 0 Å². The van der Waals surface area contributed by atoms with E-state index in [4.69, 9.17) is 4.52 Å². The number of aromatic nitrogens is 2. The molecule has 6 heteroatoms. The third kappa shape index (κ3) is 3.95. The summed E-state index contributed by atoms with van der Waals surface area (Å²) in [6.07, 6.45) is 1.87. The van der Waals surface area contributed by atoms with Gasteiger partial charge in [0.2, 0.25) is 11.7 Å². The molecule has 1 unspecified atom stereocenters. The van der Waals surface area contributed by atoms with Gasteiger partial charge in [0.1, 0.15) is 0 Å². The number of rotatable bonds is 3. The molecule has 4 rings (SSSR count). The molecule has 2 aromatic carbocycles. The van der Waals surface area contributed by atoms with E-state index in [9.17, 15) is 4.79 Å². The molecule has 1 amide bonds. The number of halogens is 1. The van der Waals surface area contributed by atoms with Crippen molar-refractivity contribution in [2.75, 3.05) is 13.1 Å². The number of carbonyl (C=O) groups excluding carboxylic acids is 1. The van der Waals surface area contributed by atoms with Gasteiger partial charge in [-0.15, -0.1) is 0 Å². The second-order valence-corrected chi connectivity index (χ2v) is 7.84. The van der Waals surface area contributed by atoms with Crippen LogP contribution in [0.1, 0.15) is 40.6 Å². The van der Waals surface area contributed by atoms with Gasteiger partial charge in [-0.2, -0.15) is 4.98 Å². The molecule has 1 saturated heterocycles. The van der Waals surface area contributed by atoms with E-state index in [1.54, 1.807) is 0 Å². The summed E-state index contributed by atoms with van der Waals surface area (Å²) in [6, 6.07) is 15.5. The highest BCUT2D eigenvalue weighted by Gasteiger charge is 2.29. The summed E-state index contributed by atoms with van der Waals surface area (Å²) >= 11 is 3.40. The van der Waals surface area contributed by atoms with Crippen LogP contribution < -0.4 is 0 Å². The molecule has 0 aliphatic carbocycles. The van der Waals surface area contributed by atoms with Crippen LogP contribution in [-0.4, -0.2) is 34.0 Å². The number of nitrogens with zero attached hydrogens (tertiary/aromatic N) is 3. The van der Waals surface area contributed by atoms with Crippen LogP contribution >= 0.6 is 15.9 Å². The molecule has 0 saturated carbocycles. The highest BCUT2D eigenvalue weighted by molar-refractivity contribution is 9.10. The molecule has 5 nitrogen and oxygen atoms in total. The van der Waals surface area contributed by atoms with E-state index in [0.717, 1.165) is 35.0 Å². The van der Waals surface area contributed by atoms with E-state index in [1.807, 2.05) is 60.4 Å². The van der Waals surface area contributed by atoms with Crippen molar-refractivity contribution in [2.24, 2.45) is 0 Å². The lowest BCUT2D eigenvalue weighted by atomic mass is 9.97. The number of likely N-dealkylation sites (tertiary alicyclic amines) is 1. The first kappa shape index (κ1) is 17.9. The zero-order valence-corrected chi connectivity index (χ0v) is 16.6. The van der Waals surface area contributed by atoms with Crippen molar-refractivity contribution in [3.05, 3.63) is 70.0 Å². The van der Waals surface area contributed by atoms with Crippen molar-refractivity contribution in [3.8, 4) is 11.4 Å². The van der Waals surface area contributed by atoms with Gasteiger partial charge in [-0.05, 0) is 50.1 Å². The predicted octanol–water partition coefficient (Wildman–Crippen LogP) is 4.83. The van der Waals surface area contributed by atoms with Gasteiger partial charge in [-0.3, -0.25) is 4.79 Å². The van der Waals surface area contributed by atoms with Gasteiger partial charge in [-0.25, -0.2) is 0 Å². The van der Waals surface area contributed by atoms with Crippen molar-refractivity contribution in [1.29, 1.82) is 0 Å². The molecule has 1 atom stereocenters. The van der Waals surface area contributed by atoms with E-state index >= 15 is 0 Å². The first-order valence-corrected chi connectivity index (χ1v) is 9.85. The van der Waals surface area contributed by atoms with Crippen molar-refractivity contribution in [3.63, 3.8) is 0 Å². The Morgan fingerprint density at radius 2 is 2.04 bits per heavy atom. The van der Waals surface area contributed by atoms with E-state index in [-0.39, 0.29) is 11.8 Å². The minimum Gasteiger partial charge on any atom is -0.339 e. The third-order valence-electron chi connectivity index (χ3n) is 4.87. The molecule has 0 N–H and O–H groups in total. The van der Waals surface area contributed by atoms with Crippen molar-refractivity contribution < 1.29 is 9.32 Å². The monoisotopic (exact) mass is 425 g/mol. The summed E-state index contributed by atoms with van der Waals surface area (Å²) in [5.41, 5.74) is 2.80. The minimum atomic E-state index is 0.0469. The summed E-state index contributed by atoms with van der Waals surface area (Å²) in [6.45, 7) is 3.39. The first-order chi connectivity index (χ1) is 13.1. The topological polar surface area (TPSA) is 59.2 Å². The average molecular weight is 426 g/mol. The number of amides is 1. The molecular weight excluding hydrogens is 406 g/mol. The number of benzene rings is 2. The second kappa shape index (κ2) is 7.64. The lowest BCUT2D eigenvalue weighted by Crippen LogP contribution is -2.39. The second-order valence-electron chi connectivity index (χ2n) is 6.92.